The molecular formula is C6H11B. The van der Waals surface area contributed by atoms with Gasteiger partial charge < -0.3 is 0 Å². The Labute approximate surface area is 46.0 Å². The second-order valence-electron chi connectivity index (χ2n) is 1.86. The molecule has 0 aliphatic heterocycles. The van der Waals surface area contributed by atoms with Crippen molar-refractivity contribution in [3.8, 4) is 0 Å². The topological polar surface area (TPSA) is 0 Å². The van der Waals surface area contributed by atoms with E-state index in [-0.39, 0.29) is 0 Å². The fourth-order valence-corrected chi connectivity index (χ4v) is 0.301. The van der Waals surface area contributed by atoms with Crippen LogP contribution in [0.2, 0.25) is 13.6 Å². The van der Waals surface area contributed by atoms with Gasteiger partial charge in [-0.2, -0.15) is 0 Å². The van der Waals surface area contributed by atoms with Crippen molar-refractivity contribution in [2.75, 3.05) is 0 Å². The van der Waals surface area contributed by atoms with Crippen molar-refractivity contribution < 1.29 is 0 Å². The maximum absolute atomic E-state index is 3.55. The maximum Gasteiger partial charge on any atom is 0.160 e. The van der Waals surface area contributed by atoms with Gasteiger partial charge in [-0.3, -0.25) is 0 Å². The van der Waals surface area contributed by atoms with Crippen molar-refractivity contribution >= 4 is 6.71 Å². The monoisotopic (exact) mass is 94.1 g/mol. The van der Waals surface area contributed by atoms with E-state index in [1.807, 2.05) is 6.08 Å². The van der Waals surface area contributed by atoms with Crippen LogP contribution >= 0.6 is 0 Å². The zero-order chi connectivity index (χ0) is 5.70. The van der Waals surface area contributed by atoms with Crippen LogP contribution in [0.5, 0.6) is 0 Å². The molecule has 0 radical (unpaired) electrons. The van der Waals surface area contributed by atoms with E-state index in [0.29, 0.717) is 6.71 Å². The molecule has 0 unspecified atom stereocenters. The summed E-state index contributed by atoms with van der Waals surface area (Å²) in [5, 5.41) is 0. The number of rotatable bonds is 2. The van der Waals surface area contributed by atoms with Crippen LogP contribution in [0, 0.1) is 0 Å². The Hall–Kier alpha value is -0.455. The van der Waals surface area contributed by atoms with Crippen LogP contribution in [-0.4, -0.2) is 6.71 Å². The van der Waals surface area contributed by atoms with Crippen molar-refractivity contribution in [2.24, 2.45) is 0 Å². The van der Waals surface area contributed by atoms with Gasteiger partial charge in [0.1, 0.15) is 0 Å². The lowest BCUT2D eigenvalue weighted by Crippen LogP contribution is -1.90. The highest BCUT2D eigenvalue weighted by Gasteiger charge is 1.84. The van der Waals surface area contributed by atoms with Gasteiger partial charge >= 0.3 is 0 Å². The molecular weight excluding hydrogens is 82.9 g/mol. The molecule has 0 fully saturated rings. The van der Waals surface area contributed by atoms with Gasteiger partial charge in [0.05, 0.1) is 0 Å². The first-order valence-corrected chi connectivity index (χ1v) is 2.56. The maximum atomic E-state index is 3.55. The van der Waals surface area contributed by atoms with E-state index >= 15 is 0 Å². The molecule has 0 aromatic carbocycles. The molecule has 0 bridgehead atoms. The molecule has 7 heavy (non-hydrogen) atoms. The van der Waals surface area contributed by atoms with Crippen molar-refractivity contribution in [2.45, 2.75) is 13.6 Å². The van der Waals surface area contributed by atoms with Crippen LogP contribution < -0.4 is 0 Å². The summed E-state index contributed by atoms with van der Waals surface area (Å²) in [6.07, 6.45) is 3.75. The van der Waals surface area contributed by atoms with E-state index in [9.17, 15) is 0 Å². The van der Waals surface area contributed by atoms with Gasteiger partial charge in [-0.15, -0.1) is 5.98 Å². The summed E-state index contributed by atoms with van der Waals surface area (Å²) in [5.41, 5.74) is 0. The van der Waals surface area contributed by atoms with Gasteiger partial charge in [0.25, 0.3) is 0 Å². The molecule has 0 aromatic heterocycles. The highest BCUT2D eigenvalue weighted by molar-refractivity contribution is 6.61. The van der Waals surface area contributed by atoms with Crippen LogP contribution in [-0.2, 0) is 0 Å². The molecule has 0 spiro atoms. The molecule has 0 aromatic rings. The Morgan fingerprint density at radius 3 is 2.14 bits per heavy atom. The van der Waals surface area contributed by atoms with Crippen LogP contribution in [0.3, 0.4) is 0 Å². The first-order valence-electron chi connectivity index (χ1n) is 2.56. The minimum atomic E-state index is 0.651. The molecule has 0 amide bonds. The lowest BCUT2D eigenvalue weighted by molar-refractivity contribution is 1.95. The van der Waals surface area contributed by atoms with Crippen molar-refractivity contribution in [3.05, 3.63) is 24.7 Å². The van der Waals surface area contributed by atoms with Crippen LogP contribution in [0.15, 0.2) is 24.7 Å². The summed E-state index contributed by atoms with van der Waals surface area (Å²) in [7, 11) is 0. The third-order valence-corrected chi connectivity index (χ3v) is 0.632. The van der Waals surface area contributed by atoms with Gasteiger partial charge in [-0.05, 0) is 0 Å². The largest absolute Gasteiger partial charge is 0.160 e. The van der Waals surface area contributed by atoms with Gasteiger partial charge in [0, 0.05) is 0 Å². The number of allylic oxidation sites excluding steroid dienone is 2. The summed E-state index contributed by atoms with van der Waals surface area (Å²) >= 11 is 0. The van der Waals surface area contributed by atoms with E-state index in [2.05, 4.69) is 26.2 Å². The molecule has 0 heterocycles. The first kappa shape index (κ1) is 6.54. The third-order valence-electron chi connectivity index (χ3n) is 0.632. The summed E-state index contributed by atoms with van der Waals surface area (Å²) in [6.45, 7) is 8.47. The van der Waals surface area contributed by atoms with Crippen LogP contribution in [0.25, 0.3) is 0 Å². The molecule has 0 saturated heterocycles. The summed E-state index contributed by atoms with van der Waals surface area (Å²) in [5.74, 6) is 2.10. The fourth-order valence-electron chi connectivity index (χ4n) is 0.301. The summed E-state index contributed by atoms with van der Waals surface area (Å²) < 4.78 is 0. The van der Waals surface area contributed by atoms with E-state index in [0.717, 1.165) is 0 Å². The zero-order valence-corrected chi connectivity index (χ0v) is 5.02. The highest BCUT2D eigenvalue weighted by Crippen LogP contribution is 1.80. The quantitative estimate of drug-likeness (QED) is 0.362. The van der Waals surface area contributed by atoms with Gasteiger partial charge in [0.2, 0.25) is 0 Å². The molecule has 0 aliphatic rings. The van der Waals surface area contributed by atoms with Gasteiger partial charge in [0.15, 0.2) is 6.71 Å². The fraction of sp³-hybridized carbons (Fsp3) is 0.333. The molecule has 38 valence electrons. The molecule has 0 N–H and O–H groups in total. The van der Waals surface area contributed by atoms with Crippen LogP contribution in [0.1, 0.15) is 0 Å². The van der Waals surface area contributed by atoms with Crippen molar-refractivity contribution in [3.63, 3.8) is 0 Å². The van der Waals surface area contributed by atoms with E-state index in [4.69, 9.17) is 0 Å². The molecule has 0 atom stereocenters. The van der Waals surface area contributed by atoms with E-state index in [1.54, 1.807) is 6.08 Å². The zero-order valence-electron chi connectivity index (χ0n) is 5.02. The Bertz CT molecular complexity index is 72.2. The van der Waals surface area contributed by atoms with Crippen LogP contribution in [0.4, 0.5) is 0 Å². The highest BCUT2D eigenvalue weighted by atomic mass is 13.5. The molecule has 0 aliphatic carbocycles. The van der Waals surface area contributed by atoms with E-state index < -0.39 is 0 Å². The average molecular weight is 94.0 g/mol. The Kier molecular flexibility index (Phi) is 3.48. The standard InChI is InChI=1S/C6H11B/c1-4-5-6-7(2)3/h4-6H,1H2,2-3H3/b6-5+. The lowest BCUT2D eigenvalue weighted by Gasteiger charge is -1.81. The van der Waals surface area contributed by atoms with Crippen molar-refractivity contribution in [1.29, 1.82) is 0 Å². The average Bonchev–Trinajstić information content (AvgIpc) is 1.61. The van der Waals surface area contributed by atoms with Gasteiger partial charge in [-0.1, -0.05) is 32.4 Å². The molecule has 0 nitrogen and oxygen atoms in total. The third kappa shape index (κ3) is 5.54. The normalized spacial score (nSPS) is 9.43. The number of hydrogen-bond acceptors (Lipinski definition) is 0. The van der Waals surface area contributed by atoms with Crippen molar-refractivity contribution in [1.82, 2.24) is 0 Å². The van der Waals surface area contributed by atoms with E-state index in [1.165, 1.54) is 0 Å². The molecule has 0 saturated carbocycles. The summed E-state index contributed by atoms with van der Waals surface area (Å²) in [6, 6.07) is 0. The lowest BCUT2D eigenvalue weighted by atomic mass is 9.55. The second kappa shape index (κ2) is 3.73. The molecule has 0 rings (SSSR count). The minimum Gasteiger partial charge on any atom is -0.116 e. The Balaban J connectivity index is 3.25. The Morgan fingerprint density at radius 2 is 2.00 bits per heavy atom. The SMILES string of the molecule is C=C/C=C/B(C)C. The minimum absolute atomic E-state index is 0.651. The number of hydrogen-bond donors (Lipinski definition) is 0. The predicted molar refractivity (Wildman–Crippen MR) is 36.8 cm³/mol. The summed E-state index contributed by atoms with van der Waals surface area (Å²) in [4.78, 5) is 0. The van der Waals surface area contributed by atoms with Gasteiger partial charge in [-0.25, -0.2) is 0 Å². The Morgan fingerprint density at radius 1 is 1.43 bits per heavy atom. The smallest absolute Gasteiger partial charge is 0.116 e. The molecule has 1 heteroatoms. The first-order chi connectivity index (χ1) is 3.27. The predicted octanol–water partition coefficient (Wildman–Crippen LogP) is 2.02. The second-order valence-corrected chi connectivity index (χ2v) is 1.86.